The highest BCUT2D eigenvalue weighted by molar-refractivity contribution is 5.93. The summed E-state index contributed by atoms with van der Waals surface area (Å²) in [4.78, 5) is 9.36. The van der Waals surface area contributed by atoms with Crippen LogP contribution in [-0.4, -0.2) is 41.5 Å². The molecule has 23 heavy (non-hydrogen) atoms. The van der Waals surface area contributed by atoms with E-state index in [1.807, 2.05) is 23.3 Å². The van der Waals surface area contributed by atoms with Crippen LogP contribution in [0.25, 0.3) is 5.70 Å². The monoisotopic (exact) mass is 312 g/mol. The first kappa shape index (κ1) is 15.9. The van der Waals surface area contributed by atoms with Gasteiger partial charge in [0.2, 0.25) is 0 Å². The van der Waals surface area contributed by atoms with E-state index in [0.29, 0.717) is 6.04 Å². The molecule has 0 spiro atoms. The lowest BCUT2D eigenvalue weighted by Gasteiger charge is -2.07. The molecule has 1 aromatic heterocycles. The summed E-state index contributed by atoms with van der Waals surface area (Å²) in [7, 11) is 0. The number of aromatic nitrogens is 2. The maximum Gasteiger partial charge on any atom is 0.0774 e. The maximum atomic E-state index is 5.45. The maximum absolute atomic E-state index is 5.45. The second-order valence-corrected chi connectivity index (χ2v) is 6.16. The van der Waals surface area contributed by atoms with E-state index in [4.69, 9.17) is 9.73 Å². The first-order valence-electron chi connectivity index (χ1n) is 8.26. The van der Waals surface area contributed by atoms with Crippen molar-refractivity contribution < 1.29 is 4.74 Å². The van der Waals surface area contributed by atoms with Crippen molar-refractivity contribution in [2.45, 2.75) is 45.7 Å². The van der Waals surface area contributed by atoms with Crippen LogP contribution in [0, 0.1) is 0 Å². The van der Waals surface area contributed by atoms with E-state index in [0.717, 1.165) is 48.5 Å². The van der Waals surface area contributed by atoms with Gasteiger partial charge in [-0.15, -0.1) is 0 Å². The van der Waals surface area contributed by atoms with E-state index >= 15 is 0 Å². The van der Waals surface area contributed by atoms with Crippen molar-refractivity contribution in [2.24, 2.45) is 9.98 Å². The van der Waals surface area contributed by atoms with Gasteiger partial charge in [0.25, 0.3) is 0 Å². The van der Waals surface area contributed by atoms with Gasteiger partial charge in [0.1, 0.15) is 0 Å². The SMILES string of the molecule is CCC1\C=C(c2cnn(C3CCOC3)c2)/N=C\C(C)=C(/C)C=N1. The van der Waals surface area contributed by atoms with Crippen molar-refractivity contribution in [1.82, 2.24) is 9.78 Å². The third-order valence-corrected chi connectivity index (χ3v) is 4.42. The summed E-state index contributed by atoms with van der Waals surface area (Å²) < 4.78 is 7.45. The molecule has 3 heterocycles. The number of ether oxygens (including phenoxy) is 1. The normalized spacial score (nSPS) is 32.0. The summed E-state index contributed by atoms with van der Waals surface area (Å²) in [6.07, 6.45) is 11.9. The van der Waals surface area contributed by atoms with Crippen molar-refractivity contribution in [3.63, 3.8) is 0 Å². The van der Waals surface area contributed by atoms with E-state index in [2.05, 4.69) is 43.1 Å². The molecule has 0 radical (unpaired) electrons. The molecule has 0 N–H and O–H groups in total. The number of allylic oxidation sites excluding steroid dienone is 2. The topological polar surface area (TPSA) is 51.8 Å². The van der Waals surface area contributed by atoms with Crippen LogP contribution < -0.4 is 0 Å². The minimum Gasteiger partial charge on any atom is -0.379 e. The van der Waals surface area contributed by atoms with Crippen molar-refractivity contribution in [3.8, 4) is 0 Å². The molecule has 1 fully saturated rings. The third kappa shape index (κ3) is 3.67. The largest absolute Gasteiger partial charge is 0.379 e. The average molecular weight is 312 g/mol. The minimum atomic E-state index is 0.140. The third-order valence-electron chi connectivity index (χ3n) is 4.42. The standard InChI is InChI=1S/C18H24N4O/c1-4-16-7-18(20-9-14(3)13(2)8-19-16)15-10-21-22(11-15)17-5-6-23-12-17/h7-11,16-17H,4-6,12H2,1-3H3/b14-13+,18-7-,19-8?,20-9-. The molecule has 2 aliphatic heterocycles. The fourth-order valence-corrected chi connectivity index (χ4v) is 2.64. The van der Waals surface area contributed by atoms with Gasteiger partial charge in [-0.3, -0.25) is 14.7 Å². The minimum absolute atomic E-state index is 0.140. The van der Waals surface area contributed by atoms with Crippen LogP contribution in [0.2, 0.25) is 0 Å². The van der Waals surface area contributed by atoms with Crippen LogP contribution in [0.3, 0.4) is 0 Å². The summed E-state index contributed by atoms with van der Waals surface area (Å²) in [6, 6.07) is 0.481. The van der Waals surface area contributed by atoms with Crippen LogP contribution in [0.15, 0.2) is 39.6 Å². The van der Waals surface area contributed by atoms with Crippen LogP contribution in [-0.2, 0) is 4.74 Å². The van der Waals surface area contributed by atoms with Gasteiger partial charge in [0, 0.05) is 30.8 Å². The van der Waals surface area contributed by atoms with Crippen LogP contribution in [0.1, 0.15) is 45.2 Å². The average Bonchev–Trinajstić information content (AvgIpc) is 3.23. The Hall–Kier alpha value is -2.01. The van der Waals surface area contributed by atoms with Crippen molar-refractivity contribution in [2.75, 3.05) is 13.2 Å². The second-order valence-electron chi connectivity index (χ2n) is 6.16. The molecule has 0 amide bonds. The molecular formula is C18H24N4O. The molecule has 2 unspecified atom stereocenters. The zero-order valence-corrected chi connectivity index (χ0v) is 14.1. The summed E-state index contributed by atoms with van der Waals surface area (Å²) in [6.45, 7) is 7.83. The molecule has 1 saturated heterocycles. The molecule has 1 aromatic rings. The molecule has 0 bridgehead atoms. The Balaban J connectivity index is 1.92. The van der Waals surface area contributed by atoms with Gasteiger partial charge in [0.15, 0.2) is 0 Å². The van der Waals surface area contributed by atoms with Gasteiger partial charge < -0.3 is 4.74 Å². The zero-order chi connectivity index (χ0) is 16.2. The van der Waals surface area contributed by atoms with E-state index in [1.165, 1.54) is 0 Å². The highest BCUT2D eigenvalue weighted by Crippen LogP contribution is 2.23. The Morgan fingerprint density at radius 3 is 2.83 bits per heavy atom. The first-order chi connectivity index (χ1) is 11.2. The number of hydrogen-bond acceptors (Lipinski definition) is 4. The van der Waals surface area contributed by atoms with Crippen LogP contribution >= 0.6 is 0 Å². The highest BCUT2D eigenvalue weighted by atomic mass is 16.5. The first-order valence-corrected chi connectivity index (χ1v) is 8.26. The fourth-order valence-electron chi connectivity index (χ4n) is 2.64. The van der Waals surface area contributed by atoms with Gasteiger partial charge >= 0.3 is 0 Å². The Morgan fingerprint density at radius 2 is 2.09 bits per heavy atom. The zero-order valence-electron chi connectivity index (χ0n) is 14.1. The Labute approximate surface area is 137 Å². The molecular weight excluding hydrogens is 288 g/mol. The second kappa shape index (κ2) is 7.04. The molecule has 0 saturated carbocycles. The van der Waals surface area contributed by atoms with Crippen molar-refractivity contribution in [1.29, 1.82) is 0 Å². The molecule has 2 atom stereocenters. The van der Waals surface area contributed by atoms with Crippen molar-refractivity contribution in [3.05, 3.63) is 35.2 Å². The van der Waals surface area contributed by atoms with Crippen molar-refractivity contribution >= 4 is 18.1 Å². The van der Waals surface area contributed by atoms with Gasteiger partial charge in [-0.05, 0) is 43.9 Å². The number of hydrogen-bond donors (Lipinski definition) is 0. The lowest BCUT2D eigenvalue weighted by molar-refractivity contribution is 0.184. The highest BCUT2D eigenvalue weighted by Gasteiger charge is 2.19. The number of rotatable bonds is 3. The van der Waals surface area contributed by atoms with Gasteiger partial charge in [-0.2, -0.15) is 5.10 Å². The Bertz CT molecular complexity index is 675. The number of aliphatic imine (C=N–C) groups is 2. The molecule has 3 rings (SSSR count). The van der Waals surface area contributed by atoms with Gasteiger partial charge in [0.05, 0.1) is 30.6 Å². The van der Waals surface area contributed by atoms with E-state index < -0.39 is 0 Å². The predicted octanol–water partition coefficient (Wildman–Crippen LogP) is 3.46. The lowest BCUT2D eigenvalue weighted by atomic mass is 10.1. The van der Waals surface area contributed by atoms with Gasteiger partial charge in [-0.1, -0.05) is 6.92 Å². The van der Waals surface area contributed by atoms with Crippen LogP contribution in [0.5, 0.6) is 0 Å². The summed E-state index contributed by atoms with van der Waals surface area (Å²) in [5.74, 6) is 0. The van der Waals surface area contributed by atoms with E-state index in [1.54, 1.807) is 0 Å². The smallest absolute Gasteiger partial charge is 0.0774 e. The molecule has 0 aromatic carbocycles. The summed E-state index contributed by atoms with van der Waals surface area (Å²) in [5, 5.41) is 4.51. The Kier molecular flexibility index (Phi) is 4.86. The number of nitrogens with zero attached hydrogens (tertiary/aromatic N) is 4. The summed E-state index contributed by atoms with van der Waals surface area (Å²) >= 11 is 0. The fraction of sp³-hybridized carbons (Fsp3) is 0.500. The molecule has 122 valence electrons. The van der Waals surface area contributed by atoms with Crippen LogP contribution in [0.4, 0.5) is 0 Å². The Morgan fingerprint density at radius 1 is 1.26 bits per heavy atom. The van der Waals surface area contributed by atoms with Gasteiger partial charge in [-0.25, -0.2) is 0 Å². The molecule has 5 nitrogen and oxygen atoms in total. The predicted molar refractivity (Wildman–Crippen MR) is 94.1 cm³/mol. The van der Waals surface area contributed by atoms with E-state index in [-0.39, 0.29) is 6.04 Å². The van der Waals surface area contributed by atoms with E-state index in [9.17, 15) is 0 Å². The summed E-state index contributed by atoms with van der Waals surface area (Å²) in [5.41, 5.74) is 4.26. The molecule has 0 aliphatic carbocycles. The lowest BCUT2D eigenvalue weighted by Crippen LogP contribution is -2.08. The molecule has 5 heteroatoms. The molecule has 2 aliphatic rings. The quantitative estimate of drug-likeness (QED) is 0.858.